The van der Waals surface area contributed by atoms with Crippen LogP contribution in [0.15, 0.2) is 24.3 Å². The average Bonchev–Trinajstić information content (AvgIpc) is 2.95. The van der Waals surface area contributed by atoms with Crippen molar-refractivity contribution in [2.45, 2.75) is 64.1 Å². The van der Waals surface area contributed by atoms with Crippen molar-refractivity contribution in [1.82, 2.24) is 20.7 Å². The maximum Gasteiger partial charge on any atom is 0.264 e. The number of hydrogen-bond donors (Lipinski definition) is 3. The molecule has 1 aromatic carbocycles. The molecule has 2 heterocycles. The lowest BCUT2D eigenvalue weighted by molar-refractivity contribution is -0.176. The number of Topliss-reactive ketones (excluding diaryl/α,β-unsaturated/α-hetero) is 1. The minimum Gasteiger partial charge on any atom is -0.344 e. The lowest BCUT2D eigenvalue weighted by Gasteiger charge is -2.43. The van der Waals surface area contributed by atoms with E-state index in [0.717, 1.165) is 5.01 Å². The van der Waals surface area contributed by atoms with Crippen LogP contribution in [0.4, 0.5) is 5.69 Å². The predicted octanol–water partition coefficient (Wildman–Crippen LogP) is -0.0654. The molecule has 12 heteroatoms. The van der Waals surface area contributed by atoms with E-state index >= 15 is 0 Å². The standard InChI is InChI=1S/C24H29N5O7/c1-14(31)12-18(13-30)26-23(35)20-4-3-11-28-21(33)10-9-19(24(36)29(20)28)27-22(34)16-5-7-17(8-6-16)25-15(2)32/h5-8,13,18-20H,3-4,9-12H2,1-2H3,(H,25,32)(H,26,35)(H,27,34)/t18-,19-,20-/m0/s1. The fourth-order valence-electron chi connectivity index (χ4n) is 4.28. The molecule has 0 unspecified atom stereocenters. The molecule has 3 N–H and O–H groups in total. The summed E-state index contributed by atoms with van der Waals surface area (Å²) in [5, 5.41) is 10.0. The quantitative estimate of drug-likeness (QED) is 0.422. The summed E-state index contributed by atoms with van der Waals surface area (Å²) in [7, 11) is 0. The number of benzene rings is 1. The second kappa shape index (κ2) is 11.6. The van der Waals surface area contributed by atoms with Gasteiger partial charge in [0.2, 0.25) is 17.7 Å². The van der Waals surface area contributed by atoms with Crippen LogP contribution in [0.3, 0.4) is 0 Å². The highest BCUT2D eigenvalue weighted by Crippen LogP contribution is 2.25. The summed E-state index contributed by atoms with van der Waals surface area (Å²) in [5.41, 5.74) is 0.752. The number of hydrogen-bond acceptors (Lipinski definition) is 7. The average molecular weight is 500 g/mol. The van der Waals surface area contributed by atoms with Gasteiger partial charge in [0.05, 0.1) is 6.04 Å². The lowest BCUT2D eigenvalue weighted by atomic mass is 10.0. The first-order valence-corrected chi connectivity index (χ1v) is 11.7. The van der Waals surface area contributed by atoms with Gasteiger partial charge in [-0.25, -0.2) is 5.01 Å². The van der Waals surface area contributed by atoms with Gasteiger partial charge in [-0.2, -0.15) is 0 Å². The molecule has 2 aliphatic heterocycles. The summed E-state index contributed by atoms with van der Waals surface area (Å²) in [6.07, 6.45) is 1.02. The van der Waals surface area contributed by atoms with Crippen LogP contribution in [0.2, 0.25) is 0 Å². The molecule has 0 spiro atoms. The SMILES string of the molecule is CC(=O)C[C@@H](C=O)NC(=O)[C@@H]1CCCN2C(=O)CC[C@H](NC(=O)c3ccc(NC(C)=O)cc3)C(=O)N12. The van der Waals surface area contributed by atoms with Gasteiger partial charge in [-0.3, -0.25) is 33.8 Å². The maximum absolute atomic E-state index is 13.5. The van der Waals surface area contributed by atoms with E-state index < -0.39 is 35.8 Å². The van der Waals surface area contributed by atoms with E-state index in [1.54, 1.807) is 12.1 Å². The zero-order valence-corrected chi connectivity index (χ0v) is 20.1. The van der Waals surface area contributed by atoms with E-state index in [2.05, 4.69) is 16.0 Å². The molecule has 2 saturated heterocycles. The molecule has 192 valence electrons. The number of nitrogens with one attached hydrogen (secondary N) is 3. The smallest absolute Gasteiger partial charge is 0.264 e. The number of anilines is 1. The number of nitrogens with zero attached hydrogens (tertiary/aromatic N) is 2. The van der Waals surface area contributed by atoms with Gasteiger partial charge in [0.15, 0.2) is 0 Å². The number of hydrazine groups is 1. The van der Waals surface area contributed by atoms with Gasteiger partial charge in [-0.1, -0.05) is 0 Å². The Kier molecular flexibility index (Phi) is 8.51. The van der Waals surface area contributed by atoms with Gasteiger partial charge in [-0.15, -0.1) is 0 Å². The molecule has 3 atom stereocenters. The Morgan fingerprint density at radius 1 is 1.08 bits per heavy atom. The van der Waals surface area contributed by atoms with Crippen LogP contribution in [-0.4, -0.2) is 76.3 Å². The third kappa shape index (κ3) is 6.32. The van der Waals surface area contributed by atoms with Gasteiger partial charge >= 0.3 is 0 Å². The highest BCUT2D eigenvalue weighted by Gasteiger charge is 2.44. The van der Waals surface area contributed by atoms with Crippen molar-refractivity contribution in [2.75, 3.05) is 11.9 Å². The summed E-state index contributed by atoms with van der Waals surface area (Å²) in [5.74, 6) is -2.71. The molecule has 0 radical (unpaired) electrons. The summed E-state index contributed by atoms with van der Waals surface area (Å²) in [4.78, 5) is 85.9. The van der Waals surface area contributed by atoms with Crippen LogP contribution in [-0.2, 0) is 28.8 Å². The highest BCUT2D eigenvalue weighted by atomic mass is 16.2. The minimum atomic E-state index is -1.07. The van der Waals surface area contributed by atoms with Crippen molar-refractivity contribution >= 4 is 47.3 Å². The molecule has 0 aromatic heterocycles. The van der Waals surface area contributed by atoms with E-state index in [1.165, 1.54) is 31.0 Å². The molecule has 12 nitrogen and oxygen atoms in total. The van der Waals surface area contributed by atoms with Crippen molar-refractivity contribution in [3.63, 3.8) is 0 Å². The van der Waals surface area contributed by atoms with Gasteiger partial charge < -0.3 is 20.7 Å². The molecule has 5 amide bonds. The summed E-state index contributed by atoms with van der Waals surface area (Å²) < 4.78 is 0. The Morgan fingerprint density at radius 2 is 1.78 bits per heavy atom. The molecule has 1 aromatic rings. The zero-order chi connectivity index (χ0) is 26.4. The Hall–Kier alpha value is -4.09. The fourth-order valence-corrected chi connectivity index (χ4v) is 4.28. The molecule has 36 heavy (non-hydrogen) atoms. The third-order valence-corrected chi connectivity index (χ3v) is 5.94. The highest BCUT2D eigenvalue weighted by molar-refractivity contribution is 6.00. The van der Waals surface area contributed by atoms with Crippen molar-refractivity contribution in [2.24, 2.45) is 0 Å². The Balaban J connectivity index is 1.77. The number of carbonyl (C=O) groups excluding carboxylic acids is 7. The van der Waals surface area contributed by atoms with E-state index in [-0.39, 0.29) is 55.4 Å². The van der Waals surface area contributed by atoms with E-state index in [1.807, 2.05) is 0 Å². The largest absolute Gasteiger partial charge is 0.344 e. The monoisotopic (exact) mass is 499 g/mol. The third-order valence-electron chi connectivity index (χ3n) is 5.94. The number of amides is 5. The maximum atomic E-state index is 13.5. The summed E-state index contributed by atoms with van der Waals surface area (Å²) in [6.45, 7) is 2.90. The van der Waals surface area contributed by atoms with Gasteiger partial charge in [-0.05, 0) is 50.5 Å². The first kappa shape index (κ1) is 26.5. The predicted molar refractivity (Wildman–Crippen MR) is 126 cm³/mol. The van der Waals surface area contributed by atoms with E-state index in [9.17, 15) is 33.6 Å². The van der Waals surface area contributed by atoms with Gasteiger partial charge in [0.1, 0.15) is 24.2 Å². The number of ketones is 1. The van der Waals surface area contributed by atoms with Gasteiger partial charge in [0, 0.05) is 37.6 Å². The Labute approximate surface area is 207 Å². The first-order chi connectivity index (χ1) is 17.1. The second-order valence-corrected chi connectivity index (χ2v) is 8.84. The zero-order valence-electron chi connectivity index (χ0n) is 20.1. The van der Waals surface area contributed by atoms with Crippen LogP contribution in [0.1, 0.15) is 56.3 Å². The van der Waals surface area contributed by atoms with Crippen LogP contribution in [0.5, 0.6) is 0 Å². The molecule has 2 fully saturated rings. The van der Waals surface area contributed by atoms with E-state index in [0.29, 0.717) is 18.4 Å². The molecular weight excluding hydrogens is 470 g/mol. The van der Waals surface area contributed by atoms with Crippen LogP contribution >= 0.6 is 0 Å². The summed E-state index contributed by atoms with van der Waals surface area (Å²) in [6, 6.07) is 2.90. The number of rotatable bonds is 8. The van der Waals surface area contributed by atoms with Crippen LogP contribution in [0, 0.1) is 0 Å². The lowest BCUT2D eigenvalue weighted by Crippen LogP contribution is -2.64. The van der Waals surface area contributed by atoms with Gasteiger partial charge in [0.25, 0.3) is 11.8 Å². The number of fused-ring (bicyclic) bond motifs is 1. The van der Waals surface area contributed by atoms with Crippen LogP contribution in [0.25, 0.3) is 0 Å². The normalized spacial score (nSPS) is 20.5. The topological polar surface area (TPSA) is 162 Å². The number of carbonyl (C=O) groups is 7. The Bertz CT molecular complexity index is 1070. The van der Waals surface area contributed by atoms with E-state index in [4.69, 9.17) is 0 Å². The molecular formula is C24H29N5O7. The first-order valence-electron chi connectivity index (χ1n) is 11.7. The fraction of sp³-hybridized carbons (Fsp3) is 0.458. The molecule has 0 saturated carbocycles. The number of aldehydes is 1. The van der Waals surface area contributed by atoms with Crippen molar-refractivity contribution in [3.05, 3.63) is 29.8 Å². The molecule has 0 aliphatic carbocycles. The summed E-state index contributed by atoms with van der Waals surface area (Å²) >= 11 is 0. The molecule has 3 rings (SSSR count). The molecule has 0 bridgehead atoms. The minimum absolute atomic E-state index is 0.00963. The van der Waals surface area contributed by atoms with Crippen molar-refractivity contribution in [1.29, 1.82) is 0 Å². The van der Waals surface area contributed by atoms with Crippen molar-refractivity contribution in [3.8, 4) is 0 Å². The molecule has 2 aliphatic rings. The Morgan fingerprint density at radius 3 is 2.39 bits per heavy atom. The second-order valence-electron chi connectivity index (χ2n) is 8.84. The van der Waals surface area contributed by atoms with Crippen LogP contribution < -0.4 is 16.0 Å². The van der Waals surface area contributed by atoms with Crippen molar-refractivity contribution < 1.29 is 33.6 Å².